The molecule has 0 radical (unpaired) electrons. The molecular formula is C27H34N6O3S. The number of pyridine rings is 1. The SMILES string of the molecule is CCc1c(C#N)c(SCc2ccc(CNC(C)=O)cc2)nc(N(C)C(C)N[C@H](C(=O)O)C(C)C)c1C#N. The molecule has 0 aliphatic heterocycles. The molecule has 1 amide bonds. The largest absolute Gasteiger partial charge is 0.480 e. The molecule has 1 aromatic carbocycles. The van der Waals surface area contributed by atoms with Gasteiger partial charge in [0.15, 0.2) is 0 Å². The Hall–Kier alpha value is -3.60. The molecule has 2 aromatic rings. The van der Waals surface area contributed by atoms with Crippen LogP contribution in [-0.2, 0) is 28.3 Å². The highest BCUT2D eigenvalue weighted by Gasteiger charge is 2.28. The van der Waals surface area contributed by atoms with Crippen LogP contribution in [0.4, 0.5) is 5.82 Å². The molecule has 2 atom stereocenters. The number of carboxylic acid groups (broad SMARTS) is 1. The molecule has 9 nitrogen and oxygen atoms in total. The predicted octanol–water partition coefficient (Wildman–Crippen LogP) is 3.80. The Morgan fingerprint density at radius 3 is 2.19 bits per heavy atom. The summed E-state index contributed by atoms with van der Waals surface area (Å²) in [5.74, 6) is -0.214. The highest BCUT2D eigenvalue weighted by molar-refractivity contribution is 7.98. The van der Waals surface area contributed by atoms with Gasteiger partial charge in [0.05, 0.1) is 17.3 Å². The molecule has 37 heavy (non-hydrogen) atoms. The van der Waals surface area contributed by atoms with Crippen molar-refractivity contribution in [3.05, 3.63) is 52.1 Å². The number of aliphatic carboxylic acids is 1. The van der Waals surface area contributed by atoms with Crippen molar-refractivity contribution >= 4 is 29.5 Å². The van der Waals surface area contributed by atoms with Crippen LogP contribution in [0.25, 0.3) is 0 Å². The molecule has 0 aliphatic carbocycles. The van der Waals surface area contributed by atoms with Crippen LogP contribution in [0.2, 0.25) is 0 Å². The van der Waals surface area contributed by atoms with Crippen LogP contribution in [0.5, 0.6) is 0 Å². The number of nitrogens with one attached hydrogen (secondary N) is 2. The Morgan fingerprint density at radius 1 is 1.11 bits per heavy atom. The van der Waals surface area contributed by atoms with Crippen LogP contribution in [0.15, 0.2) is 29.3 Å². The van der Waals surface area contributed by atoms with Crippen LogP contribution in [-0.4, -0.2) is 41.2 Å². The summed E-state index contributed by atoms with van der Waals surface area (Å²) in [4.78, 5) is 29.3. The van der Waals surface area contributed by atoms with Gasteiger partial charge in [-0.1, -0.05) is 45.0 Å². The van der Waals surface area contributed by atoms with Crippen molar-refractivity contribution in [2.24, 2.45) is 5.92 Å². The first-order valence-electron chi connectivity index (χ1n) is 12.1. The number of aromatic nitrogens is 1. The lowest BCUT2D eigenvalue weighted by atomic mass is 10.0. The number of hydrogen-bond acceptors (Lipinski definition) is 8. The van der Waals surface area contributed by atoms with Crippen molar-refractivity contribution < 1.29 is 14.7 Å². The second kappa shape index (κ2) is 13.6. The number of amides is 1. The standard InChI is InChI=1S/C27H34N6O3S/c1-7-21-22(12-28)25(33(6)17(4)31-24(16(2)3)27(35)36)32-26(23(21)13-29)37-15-20-10-8-19(9-11-20)14-30-18(5)34/h8-11,16-17,24,31H,7,14-15H2,1-6H3,(H,30,34)(H,35,36)/t17?,24-/m0/s1. The molecule has 0 saturated carbocycles. The van der Waals surface area contributed by atoms with E-state index in [0.717, 1.165) is 11.1 Å². The molecule has 0 spiro atoms. The lowest BCUT2D eigenvalue weighted by molar-refractivity contribution is -0.140. The molecule has 196 valence electrons. The van der Waals surface area contributed by atoms with Crippen molar-refractivity contribution in [3.8, 4) is 12.1 Å². The van der Waals surface area contributed by atoms with Crippen molar-refractivity contribution in [3.63, 3.8) is 0 Å². The fourth-order valence-corrected chi connectivity index (χ4v) is 4.74. The van der Waals surface area contributed by atoms with Crippen LogP contribution in [0.3, 0.4) is 0 Å². The van der Waals surface area contributed by atoms with Crippen molar-refractivity contribution in [2.45, 2.75) is 70.6 Å². The van der Waals surface area contributed by atoms with E-state index in [1.165, 1.54) is 18.7 Å². The third-order valence-electron chi connectivity index (χ3n) is 6.03. The van der Waals surface area contributed by atoms with Gasteiger partial charge in [-0.25, -0.2) is 4.98 Å². The summed E-state index contributed by atoms with van der Waals surface area (Å²) in [6, 6.07) is 11.5. The van der Waals surface area contributed by atoms with E-state index < -0.39 is 18.2 Å². The Bertz CT molecular complexity index is 1200. The van der Waals surface area contributed by atoms with E-state index in [1.807, 2.05) is 52.0 Å². The minimum Gasteiger partial charge on any atom is -0.480 e. The average Bonchev–Trinajstić information content (AvgIpc) is 2.87. The number of nitrogens with zero attached hydrogens (tertiary/aromatic N) is 4. The molecule has 10 heteroatoms. The third-order valence-corrected chi connectivity index (χ3v) is 7.08. The molecule has 0 aliphatic rings. The van der Waals surface area contributed by atoms with E-state index in [2.05, 4.69) is 22.8 Å². The van der Waals surface area contributed by atoms with Crippen LogP contribution in [0.1, 0.15) is 62.4 Å². The average molecular weight is 523 g/mol. The van der Waals surface area contributed by atoms with Gasteiger partial charge in [-0.3, -0.25) is 14.9 Å². The number of hydrogen-bond donors (Lipinski definition) is 3. The lowest BCUT2D eigenvalue weighted by Crippen LogP contribution is -2.52. The monoisotopic (exact) mass is 522 g/mol. The Morgan fingerprint density at radius 2 is 1.70 bits per heavy atom. The number of carbonyl (C=O) groups is 2. The number of carbonyl (C=O) groups excluding carboxylic acids is 1. The zero-order chi connectivity index (χ0) is 27.7. The number of benzene rings is 1. The van der Waals surface area contributed by atoms with Crippen molar-refractivity contribution in [1.82, 2.24) is 15.6 Å². The molecule has 2 rings (SSSR count). The number of carboxylic acids is 1. The Kier molecular flexibility index (Phi) is 10.9. The Labute approximate surface area is 222 Å². The highest BCUT2D eigenvalue weighted by atomic mass is 32.2. The number of thioether (sulfide) groups is 1. The third kappa shape index (κ3) is 7.69. The maximum Gasteiger partial charge on any atom is 0.321 e. The van der Waals surface area contributed by atoms with E-state index in [9.17, 15) is 25.2 Å². The van der Waals surface area contributed by atoms with Gasteiger partial charge in [-0.2, -0.15) is 10.5 Å². The highest BCUT2D eigenvalue weighted by Crippen LogP contribution is 2.33. The smallest absolute Gasteiger partial charge is 0.321 e. The fraction of sp³-hybridized carbons (Fsp3) is 0.444. The number of rotatable bonds is 12. The lowest BCUT2D eigenvalue weighted by Gasteiger charge is -2.32. The van der Waals surface area contributed by atoms with E-state index in [-0.39, 0.29) is 11.8 Å². The normalized spacial score (nSPS) is 12.4. The van der Waals surface area contributed by atoms with Crippen LogP contribution < -0.4 is 15.5 Å². The van der Waals surface area contributed by atoms with Gasteiger partial charge < -0.3 is 15.3 Å². The van der Waals surface area contributed by atoms with Crippen LogP contribution >= 0.6 is 11.8 Å². The van der Waals surface area contributed by atoms with Gasteiger partial charge in [0, 0.05) is 26.3 Å². The number of nitriles is 2. The summed E-state index contributed by atoms with van der Waals surface area (Å²) in [5.41, 5.74) is 3.34. The zero-order valence-electron chi connectivity index (χ0n) is 22.1. The maximum absolute atomic E-state index is 11.7. The molecule has 0 fully saturated rings. The van der Waals surface area contributed by atoms with Gasteiger partial charge in [-0.15, -0.1) is 11.8 Å². The van der Waals surface area contributed by atoms with Crippen molar-refractivity contribution in [2.75, 3.05) is 11.9 Å². The fourth-order valence-electron chi connectivity index (χ4n) is 3.78. The van der Waals surface area contributed by atoms with E-state index in [4.69, 9.17) is 4.98 Å². The molecule has 3 N–H and O–H groups in total. The molecule has 0 bridgehead atoms. The van der Waals surface area contributed by atoms with Crippen LogP contribution in [0, 0.1) is 28.6 Å². The van der Waals surface area contributed by atoms with Gasteiger partial charge in [-0.05, 0) is 36.0 Å². The second-order valence-electron chi connectivity index (χ2n) is 9.07. The molecule has 1 unspecified atom stereocenters. The summed E-state index contributed by atoms with van der Waals surface area (Å²) < 4.78 is 0. The maximum atomic E-state index is 11.7. The summed E-state index contributed by atoms with van der Waals surface area (Å²) in [7, 11) is 1.76. The van der Waals surface area contributed by atoms with Gasteiger partial charge in [0.2, 0.25) is 5.91 Å². The van der Waals surface area contributed by atoms with E-state index >= 15 is 0 Å². The minimum atomic E-state index is -0.947. The second-order valence-corrected chi connectivity index (χ2v) is 10.0. The number of anilines is 1. The van der Waals surface area contributed by atoms with E-state index in [0.29, 0.717) is 46.3 Å². The molecule has 1 aromatic heterocycles. The van der Waals surface area contributed by atoms with Crippen molar-refractivity contribution in [1.29, 1.82) is 10.5 Å². The minimum absolute atomic E-state index is 0.0877. The van der Waals surface area contributed by atoms with Gasteiger partial charge in [0.1, 0.15) is 29.0 Å². The summed E-state index contributed by atoms with van der Waals surface area (Å²) in [5, 5.41) is 35.9. The summed E-state index contributed by atoms with van der Waals surface area (Å²) in [6.07, 6.45) is 0.0429. The summed E-state index contributed by atoms with van der Waals surface area (Å²) >= 11 is 1.41. The molecule has 1 heterocycles. The zero-order valence-corrected chi connectivity index (χ0v) is 22.9. The summed E-state index contributed by atoms with van der Waals surface area (Å²) in [6.45, 7) is 9.30. The van der Waals surface area contributed by atoms with Gasteiger partial charge >= 0.3 is 5.97 Å². The van der Waals surface area contributed by atoms with E-state index in [1.54, 1.807) is 11.9 Å². The topological polar surface area (TPSA) is 142 Å². The van der Waals surface area contributed by atoms with Gasteiger partial charge in [0.25, 0.3) is 0 Å². The first kappa shape index (κ1) is 29.6. The quantitative estimate of drug-likeness (QED) is 0.280. The first-order valence-corrected chi connectivity index (χ1v) is 13.1. The Balaban J connectivity index is 2.37. The predicted molar refractivity (Wildman–Crippen MR) is 144 cm³/mol. The molecule has 0 saturated heterocycles. The first-order chi connectivity index (χ1) is 17.5. The molecular weight excluding hydrogens is 488 g/mol.